The highest BCUT2D eigenvalue weighted by molar-refractivity contribution is 5.91. The second kappa shape index (κ2) is 6.98. The average Bonchev–Trinajstić information content (AvgIpc) is 3.11. The Balaban J connectivity index is 1.97. The Morgan fingerprint density at radius 1 is 0.767 bits per heavy atom. The van der Waals surface area contributed by atoms with Crippen molar-refractivity contribution in [3.8, 4) is 22.6 Å². The van der Waals surface area contributed by atoms with Crippen molar-refractivity contribution in [1.82, 2.24) is 15.0 Å². The third-order valence-electron chi connectivity index (χ3n) is 5.48. The highest BCUT2D eigenvalue weighted by atomic mass is 16.3. The zero-order valence-electron chi connectivity index (χ0n) is 18.6. The summed E-state index contributed by atoms with van der Waals surface area (Å²) in [5, 5.41) is 20.7. The van der Waals surface area contributed by atoms with Gasteiger partial charge in [-0.05, 0) is 34.1 Å². The number of benzene rings is 3. The molecule has 154 valence electrons. The van der Waals surface area contributed by atoms with Crippen LogP contribution in [0.1, 0.15) is 52.7 Å². The van der Waals surface area contributed by atoms with E-state index in [0.29, 0.717) is 5.69 Å². The highest BCUT2D eigenvalue weighted by Crippen LogP contribution is 2.39. The summed E-state index contributed by atoms with van der Waals surface area (Å²) in [7, 11) is 0. The maximum Gasteiger partial charge on any atom is 0.146 e. The molecule has 4 nitrogen and oxygen atoms in total. The van der Waals surface area contributed by atoms with Crippen molar-refractivity contribution in [2.45, 2.75) is 52.4 Å². The van der Waals surface area contributed by atoms with E-state index in [9.17, 15) is 5.11 Å². The van der Waals surface area contributed by atoms with Crippen LogP contribution in [-0.2, 0) is 10.8 Å². The van der Waals surface area contributed by atoms with Gasteiger partial charge in [0.2, 0.25) is 0 Å². The molecule has 1 aromatic heterocycles. The van der Waals surface area contributed by atoms with Crippen LogP contribution in [0.4, 0.5) is 0 Å². The lowest BCUT2D eigenvalue weighted by Gasteiger charge is -2.27. The number of hydrogen-bond acceptors (Lipinski definition) is 3. The zero-order chi connectivity index (χ0) is 21.7. The number of fused-ring (bicyclic) bond motifs is 1. The molecular weight excluding hydrogens is 370 g/mol. The number of hydrogen-bond donors (Lipinski definition) is 1. The van der Waals surface area contributed by atoms with Gasteiger partial charge in [0.1, 0.15) is 22.5 Å². The third kappa shape index (κ3) is 3.58. The number of aromatic nitrogens is 3. The first-order valence-electron chi connectivity index (χ1n) is 10.4. The Kier molecular flexibility index (Phi) is 4.69. The third-order valence-corrected chi connectivity index (χ3v) is 5.48. The van der Waals surface area contributed by atoms with E-state index < -0.39 is 0 Å². The molecule has 0 atom stereocenters. The smallest absolute Gasteiger partial charge is 0.146 e. The summed E-state index contributed by atoms with van der Waals surface area (Å²) in [6.07, 6.45) is 0. The van der Waals surface area contributed by atoms with Gasteiger partial charge < -0.3 is 5.11 Å². The molecule has 3 aromatic carbocycles. The quantitative estimate of drug-likeness (QED) is 0.425. The fourth-order valence-corrected chi connectivity index (χ4v) is 3.67. The monoisotopic (exact) mass is 399 g/mol. The van der Waals surface area contributed by atoms with Crippen LogP contribution >= 0.6 is 0 Å². The van der Waals surface area contributed by atoms with Crippen LogP contribution in [0.5, 0.6) is 5.75 Å². The van der Waals surface area contributed by atoms with E-state index >= 15 is 0 Å². The summed E-state index contributed by atoms with van der Waals surface area (Å²) in [5.74, 6) is 0.233. The fraction of sp³-hybridized carbons (Fsp3) is 0.308. The summed E-state index contributed by atoms with van der Waals surface area (Å²) in [6, 6.07) is 20.3. The molecule has 0 spiro atoms. The van der Waals surface area contributed by atoms with E-state index in [2.05, 4.69) is 65.8 Å². The number of phenolic OH excluding ortho intramolecular Hbond substituents is 1. The average molecular weight is 400 g/mol. The van der Waals surface area contributed by atoms with Gasteiger partial charge in [0.25, 0.3) is 0 Å². The van der Waals surface area contributed by atoms with E-state index in [-0.39, 0.29) is 16.6 Å². The van der Waals surface area contributed by atoms with E-state index in [1.165, 1.54) is 0 Å². The molecular formula is C26H29N3O. The zero-order valence-corrected chi connectivity index (χ0v) is 18.6. The Hall–Kier alpha value is -3.14. The first-order valence-corrected chi connectivity index (χ1v) is 10.4. The SMILES string of the molecule is CC(C)(C)c1cc(-n2nc3cccc(-c4ccccc4)c3n2)c(O)c(C(C)(C)C)c1. The van der Waals surface area contributed by atoms with Crippen LogP contribution in [0.15, 0.2) is 60.7 Å². The Morgan fingerprint density at radius 2 is 1.47 bits per heavy atom. The molecule has 4 rings (SSSR count). The number of aromatic hydroxyl groups is 1. The Labute approximate surface area is 178 Å². The molecule has 0 saturated heterocycles. The molecule has 0 fully saturated rings. The van der Waals surface area contributed by atoms with E-state index in [1.54, 1.807) is 4.80 Å². The minimum Gasteiger partial charge on any atom is -0.505 e. The lowest BCUT2D eigenvalue weighted by Crippen LogP contribution is -2.18. The summed E-state index contributed by atoms with van der Waals surface area (Å²) in [4.78, 5) is 1.58. The van der Waals surface area contributed by atoms with Crippen molar-refractivity contribution in [3.05, 3.63) is 71.8 Å². The summed E-state index contributed by atoms with van der Waals surface area (Å²) in [5.41, 5.74) is 6.13. The van der Waals surface area contributed by atoms with Crippen molar-refractivity contribution in [2.75, 3.05) is 0 Å². The lowest BCUT2D eigenvalue weighted by atomic mass is 9.80. The van der Waals surface area contributed by atoms with Gasteiger partial charge in [0.05, 0.1) is 0 Å². The van der Waals surface area contributed by atoms with Crippen molar-refractivity contribution >= 4 is 11.0 Å². The van der Waals surface area contributed by atoms with Gasteiger partial charge in [-0.25, -0.2) is 0 Å². The van der Waals surface area contributed by atoms with Crippen LogP contribution in [-0.4, -0.2) is 20.1 Å². The second-order valence-corrected chi connectivity index (χ2v) is 9.92. The predicted molar refractivity (Wildman–Crippen MR) is 123 cm³/mol. The molecule has 1 heterocycles. The molecule has 0 radical (unpaired) electrons. The summed E-state index contributed by atoms with van der Waals surface area (Å²) in [6.45, 7) is 12.9. The van der Waals surface area contributed by atoms with Crippen molar-refractivity contribution in [3.63, 3.8) is 0 Å². The van der Waals surface area contributed by atoms with Gasteiger partial charge in [0, 0.05) is 11.1 Å². The van der Waals surface area contributed by atoms with Crippen LogP contribution in [0.2, 0.25) is 0 Å². The summed E-state index contributed by atoms with van der Waals surface area (Å²) < 4.78 is 0. The molecule has 0 unspecified atom stereocenters. The molecule has 0 aliphatic rings. The van der Waals surface area contributed by atoms with Crippen LogP contribution in [0.25, 0.3) is 27.8 Å². The molecule has 4 aromatic rings. The van der Waals surface area contributed by atoms with Gasteiger partial charge in [-0.1, -0.05) is 90.1 Å². The van der Waals surface area contributed by atoms with Crippen molar-refractivity contribution < 1.29 is 5.11 Å². The normalized spacial score (nSPS) is 12.5. The van der Waals surface area contributed by atoms with Gasteiger partial charge in [0.15, 0.2) is 0 Å². The Morgan fingerprint density at radius 3 is 2.10 bits per heavy atom. The molecule has 0 aliphatic heterocycles. The fourth-order valence-electron chi connectivity index (χ4n) is 3.67. The van der Waals surface area contributed by atoms with Crippen LogP contribution in [0, 0.1) is 0 Å². The molecule has 4 heteroatoms. The molecule has 0 amide bonds. The first-order chi connectivity index (χ1) is 14.1. The molecule has 30 heavy (non-hydrogen) atoms. The maximum absolute atomic E-state index is 11.2. The van der Waals surface area contributed by atoms with Crippen LogP contribution in [0.3, 0.4) is 0 Å². The molecule has 0 saturated carbocycles. The minimum absolute atomic E-state index is 0.0653. The predicted octanol–water partition coefficient (Wildman–Crippen LogP) is 6.39. The highest BCUT2D eigenvalue weighted by Gasteiger charge is 2.26. The van der Waals surface area contributed by atoms with E-state index in [4.69, 9.17) is 10.2 Å². The largest absolute Gasteiger partial charge is 0.505 e. The second-order valence-electron chi connectivity index (χ2n) is 9.92. The van der Waals surface area contributed by atoms with Gasteiger partial charge in [-0.2, -0.15) is 0 Å². The maximum atomic E-state index is 11.2. The number of nitrogens with zero attached hydrogens (tertiary/aromatic N) is 3. The van der Waals surface area contributed by atoms with Crippen LogP contribution < -0.4 is 0 Å². The Bertz CT molecular complexity index is 1210. The number of rotatable bonds is 2. The van der Waals surface area contributed by atoms with E-state index in [1.807, 2.05) is 36.4 Å². The molecule has 0 aliphatic carbocycles. The lowest BCUT2D eigenvalue weighted by molar-refractivity contribution is 0.438. The number of phenols is 1. The van der Waals surface area contributed by atoms with E-state index in [0.717, 1.165) is 33.3 Å². The van der Waals surface area contributed by atoms with Gasteiger partial charge in [-0.3, -0.25) is 0 Å². The first kappa shape index (κ1) is 20.1. The standard InChI is InChI=1S/C26H29N3O/c1-25(2,3)18-15-20(26(4,5)6)24(30)22(16-18)29-27-21-14-10-13-19(23(21)28-29)17-11-8-7-9-12-17/h7-16,30H,1-6H3. The van der Waals surface area contributed by atoms with Gasteiger partial charge >= 0.3 is 0 Å². The van der Waals surface area contributed by atoms with Gasteiger partial charge in [-0.15, -0.1) is 15.0 Å². The molecule has 1 N–H and O–H groups in total. The van der Waals surface area contributed by atoms with Crippen molar-refractivity contribution in [1.29, 1.82) is 0 Å². The summed E-state index contributed by atoms with van der Waals surface area (Å²) >= 11 is 0. The topological polar surface area (TPSA) is 50.9 Å². The minimum atomic E-state index is -0.206. The molecule has 0 bridgehead atoms. The van der Waals surface area contributed by atoms with Crippen molar-refractivity contribution in [2.24, 2.45) is 0 Å².